The van der Waals surface area contributed by atoms with Crippen molar-refractivity contribution in [3.63, 3.8) is 0 Å². The number of likely N-dealkylation sites (tertiary alicyclic amines) is 1. The van der Waals surface area contributed by atoms with Gasteiger partial charge in [0.25, 0.3) is 5.91 Å². The maximum absolute atomic E-state index is 12.2. The van der Waals surface area contributed by atoms with Crippen LogP contribution in [0.25, 0.3) is 0 Å². The molecule has 112 valence electrons. The number of nitrogens with one attached hydrogen (secondary N) is 2. The molecule has 2 unspecified atom stereocenters. The number of Topliss-reactive ketones (excluding diaryl/α,β-unsaturated/α-hetero) is 1. The average Bonchev–Trinajstić information content (AvgIpc) is 3.15. The smallest absolute Gasteiger partial charge is 0.289 e. The topological polar surface area (TPSA) is 78.5 Å². The fourth-order valence-electron chi connectivity index (χ4n) is 2.71. The van der Waals surface area contributed by atoms with E-state index in [1.54, 1.807) is 0 Å². The molecule has 2 aliphatic rings. The maximum Gasteiger partial charge on any atom is 0.289 e. The molecular weight excluding hydrogens is 258 g/mol. The molecule has 0 aromatic carbocycles. The number of likely N-dealkylation sites (N-methyl/N-ethyl adjacent to an activating group) is 2. The van der Waals surface area contributed by atoms with Crippen LogP contribution in [0.2, 0.25) is 0 Å². The number of carbonyl (C=O) groups excluding carboxylic acids is 3. The zero-order chi connectivity index (χ0) is 14.7. The second-order valence-electron chi connectivity index (χ2n) is 5.82. The van der Waals surface area contributed by atoms with Gasteiger partial charge >= 0.3 is 0 Å². The van der Waals surface area contributed by atoms with Crippen molar-refractivity contribution in [3.8, 4) is 0 Å². The van der Waals surface area contributed by atoms with Gasteiger partial charge in [0.2, 0.25) is 11.7 Å². The van der Waals surface area contributed by atoms with Crippen LogP contribution in [0.15, 0.2) is 0 Å². The second-order valence-corrected chi connectivity index (χ2v) is 5.82. The number of ketones is 1. The van der Waals surface area contributed by atoms with Crippen LogP contribution in [0.1, 0.15) is 32.1 Å². The lowest BCUT2D eigenvalue weighted by atomic mass is 10.0. The van der Waals surface area contributed by atoms with Crippen LogP contribution in [0.3, 0.4) is 0 Å². The van der Waals surface area contributed by atoms with E-state index in [2.05, 4.69) is 10.6 Å². The summed E-state index contributed by atoms with van der Waals surface area (Å²) in [6, 6.07) is -0.849. The molecular formula is C14H23N3O3. The van der Waals surface area contributed by atoms with Gasteiger partial charge in [-0.1, -0.05) is 12.8 Å². The highest BCUT2D eigenvalue weighted by molar-refractivity contribution is 6.38. The first-order chi connectivity index (χ1) is 9.52. The van der Waals surface area contributed by atoms with Crippen LogP contribution in [0.4, 0.5) is 0 Å². The van der Waals surface area contributed by atoms with Crippen molar-refractivity contribution in [2.45, 2.75) is 44.2 Å². The highest BCUT2D eigenvalue weighted by Crippen LogP contribution is 2.33. The van der Waals surface area contributed by atoms with Crippen LogP contribution in [-0.2, 0) is 14.4 Å². The molecule has 20 heavy (non-hydrogen) atoms. The summed E-state index contributed by atoms with van der Waals surface area (Å²) < 4.78 is 0. The monoisotopic (exact) mass is 281 g/mol. The molecule has 2 amide bonds. The number of rotatable bonds is 6. The van der Waals surface area contributed by atoms with E-state index >= 15 is 0 Å². The Kier molecular flexibility index (Phi) is 4.75. The largest absolute Gasteiger partial charge is 0.353 e. The van der Waals surface area contributed by atoms with E-state index in [-0.39, 0.29) is 11.9 Å². The van der Waals surface area contributed by atoms with Gasteiger partial charge in [-0.25, -0.2) is 0 Å². The predicted octanol–water partition coefficient (Wildman–Crippen LogP) is -0.319. The Labute approximate surface area is 119 Å². The van der Waals surface area contributed by atoms with Crippen molar-refractivity contribution in [2.75, 3.05) is 20.6 Å². The first kappa shape index (κ1) is 15.0. The minimum Gasteiger partial charge on any atom is -0.353 e. The van der Waals surface area contributed by atoms with Crippen molar-refractivity contribution < 1.29 is 14.4 Å². The van der Waals surface area contributed by atoms with E-state index in [0.29, 0.717) is 12.3 Å². The van der Waals surface area contributed by atoms with Crippen LogP contribution in [-0.4, -0.2) is 55.2 Å². The molecule has 1 heterocycles. The number of amides is 2. The summed E-state index contributed by atoms with van der Waals surface area (Å²) in [5.41, 5.74) is 0. The summed E-state index contributed by atoms with van der Waals surface area (Å²) in [5, 5.41) is 5.12. The van der Waals surface area contributed by atoms with Gasteiger partial charge in [0, 0.05) is 7.05 Å². The van der Waals surface area contributed by atoms with Gasteiger partial charge in [-0.2, -0.15) is 0 Å². The average molecular weight is 281 g/mol. The van der Waals surface area contributed by atoms with Gasteiger partial charge in [0.1, 0.15) is 0 Å². The molecule has 0 aromatic heterocycles. The summed E-state index contributed by atoms with van der Waals surface area (Å²) in [7, 11) is 3.34. The highest BCUT2D eigenvalue weighted by Gasteiger charge is 2.35. The molecule has 2 N–H and O–H groups in total. The highest BCUT2D eigenvalue weighted by atomic mass is 16.2. The molecule has 0 spiro atoms. The van der Waals surface area contributed by atoms with Crippen LogP contribution in [0, 0.1) is 5.92 Å². The van der Waals surface area contributed by atoms with Gasteiger partial charge in [-0.3, -0.25) is 19.3 Å². The third-order valence-corrected chi connectivity index (χ3v) is 4.17. The summed E-state index contributed by atoms with van der Waals surface area (Å²) in [4.78, 5) is 37.8. The minimum atomic E-state index is -0.677. The van der Waals surface area contributed by atoms with E-state index in [1.165, 1.54) is 7.05 Å². The predicted molar refractivity (Wildman–Crippen MR) is 74.0 cm³/mol. The standard InChI is InChI=1S/C14H23N3O3/c1-15-14(20)12(18)10(8-9-5-6-9)16-13(19)11-4-3-7-17(11)2/h9-11H,3-8H2,1-2H3,(H,15,20)(H,16,19). The normalized spacial score (nSPS) is 24.2. The lowest BCUT2D eigenvalue weighted by Crippen LogP contribution is -2.51. The van der Waals surface area contributed by atoms with Crippen molar-refractivity contribution in [1.82, 2.24) is 15.5 Å². The maximum atomic E-state index is 12.2. The van der Waals surface area contributed by atoms with Crippen molar-refractivity contribution in [2.24, 2.45) is 5.92 Å². The molecule has 1 saturated carbocycles. The van der Waals surface area contributed by atoms with Crippen molar-refractivity contribution in [3.05, 3.63) is 0 Å². The van der Waals surface area contributed by atoms with E-state index in [0.717, 1.165) is 32.2 Å². The lowest BCUT2D eigenvalue weighted by Gasteiger charge is -2.22. The van der Waals surface area contributed by atoms with E-state index in [1.807, 2.05) is 11.9 Å². The summed E-state index contributed by atoms with van der Waals surface area (Å²) in [6.07, 6.45) is 4.54. The molecule has 1 aliphatic carbocycles. The fraction of sp³-hybridized carbons (Fsp3) is 0.786. The molecule has 0 aromatic rings. The van der Waals surface area contributed by atoms with Gasteiger partial charge in [0.05, 0.1) is 12.1 Å². The number of hydrogen-bond acceptors (Lipinski definition) is 4. The third-order valence-electron chi connectivity index (χ3n) is 4.17. The Balaban J connectivity index is 1.97. The second kappa shape index (κ2) is 6.35. The van der Waals surface area contributed by atoms with Crippen LogP contribution < -0.4 is 10.6 Å². The zero-order valence-corrected chi connectivity index (χ0v) is 12.1. The zero-order valence-electron chi connectivity index (χ0n) is 12.1. The Morgan fingerprint density at radius 2 is 1.95 bits per heavy atom. The molecule has 0 bridgehead atoms. The van der Waals surface area contributed by atoms with Crippen LogP contribution in [0.5, 0.6) is 0 Å². The Morgan fingerprint density at radius 1 is 1.25 bits per heavy atom. The fourth-order valence-corrected chi connectivity index (χ4v) is 2.71. The quantitative estimate of drug-likeness (QED) is 0.654. The molecule has 1 saturated heterocycles. The minimum absolute atomic E-state index is 0.132. The molecule has 2 atom stereocenters. The molecule has 0 radical (unpaired) electrons. The summed E-state index contributed by atoms with van der Waals surface area (Å²) >= 11 is 0. The van der Waals surface area contributed by atoms with E-state index in [9.17, 15) is 14.4 Å². The Morgan fingerprint density at radius 3 is 2.45 bits per heavy atom. The van der Waals surface area contributed by atoms with Gasteiger partial charge in [0.15, 0.2) is 0 Å². The third kappa shape index (κ3) is 3.56. The molecule has 6 nitrogen and oxygen atoms in total. The van der Waals surface area contributed by atoms with Crippen molar-refractivity contribution >= 4 is 17.6 Å². The first-order valence-electron chi connectivity index (χ1n) is 7.29. The van der Waals surface area contributed by atoms with Gasteiger partial charge < -0.3 is 10.6 Å². The SMILES string of the molecule is CNC(=O)C(=O)C(CC1CC1)NC(=O)C1CCCN1C. The summed E-state index contributed by atoms with van der Waals surface area (Å²) in [6.45, 7) is 0.898. The Hall–Kier alpha value is -1.43. The molecule has 1 aliphatic heterocycles. The first-order valence-corrected chi connectivity index (χ1v) is 7.29. The molecule has 2 rings (SSSR count). The number of nitrogens with zero attached hydrogens (tertiary/aromatic N) is 1. The summed E-state index contributed by atoms with van der Waals surface area (Å²) in [5.74, 6) is -0.827. The van der Waals surface area contributed by atoms with Crippen LogP contribution >= 0.6 is 0 Å². The number of hydrogen-bond donors (Lipinski definition) is 2. The molecule has 6 heteroatoms. The lowest BCUT2D eigenvalue weighted by molar-refractivity contribution is -0.140. The Bertz CT molecular complexity index is 406. The molecule has 2 fully saturated rings. The number of carbonyl (C=O) groups is 3. The van der Waals surface area contributed by atoms with E-state index in [4.69, 9.17) is 0 Å². The van der Waals surface area contributed by atoms with E-state index < -0.39 is 17.7 Å². The van der Waals surface area contributed by atoms with Gasteiger partial charge in [-0.15, -0.1) is 0 Å². The van der Waals surface area contributed by atoms with Gasteiger partial charge in [-0.05, 0) is 38.8 Å². The van der Waals surface area contributed by atoms with Crippen molar-refractivity contribution in [1.29, 1.82) is 0 Å².